The lowest BCUT2D eigenvalue weighted by Gasteiger charge is -2.49. The van der Waals surface area contributed by atoms with Crippen LogP contribution in [0.25, 0.3) is 39.0 Å². The van der Waals surface area contributed by atoms with E-state index in [2.05, 4.69) is 101 Å². The average Bonchev–Trinajstić information content (AvgIpc) is 3.26. The topological polar surface area (TPSA) is 70.1 Å². The van der Waals surface area contributed by atoms with Crippen molar-refractivity contribution in [2.24, 2.45) is 0 Å². The summed E-state index contributed by atoms with van der Waals surface area (Å²) in [6.07, 6.45) is 0. The molecule has 0 aliphatic carbocycles. The van der Waals surface area contributed by atoms with Crippen LogP contribution in [0.5, 0.6) is 0 Å². The highest BCUT2D eigenvalue weighted by Crippen LogP contribution is 2.63. The van der Waals surface area contributed by atoms with Crippen LogP contribution in [-0.2, 0) is 5.41 Å². The molecule has 6 nitrogen and oxygen atoms in total. The summed E-state index contributed by atoms with van der Waals surface area (Å²) in [5.41, 5.74) is 9.16. The molecule has 1 spiro atoms. The van der Waals surface area contributed by atoms with E-state index in [9.17, 15) is 5.26 Å². The number of hydrogen-bond acceptors (Lipinski definition) is 6. The second-order valence-corrected chi connectivity index (χ2v) is 14.5. The zero-order valence-electron chi connectivity index (χ0n) is 29.3. The molecule has 1 aromatic heterocycles. The SMILES string of the molecule is [C-]#[N+]c1cc(-c2nc(-c3ccccc3)nc(-c3ccccc3)n2)cc(C#N)c1N1c2ccccc2C2(c3ccccc3Sc3ccccc32)c2ccccc21. The molecule has 256 valence electrons. The van der Waals surface area contributed by atoms with Crippen molar-refractivity contribution >= 4 is 34.5 Å². The maximum absolute atomic E-state index is 11.0. The van der Waals surface area contributed by atoms with Crippen molar-refractivity contribution in [3.05, 3.63) is 209 Å². The van der Waals surface area contributed by atoms with Crippen molar-refractivity contribution in [3.63, 3.8) is 0 Å². The predicted molar refractivity (Wildman–Crippen MR) is 218 cm³/mol. The predicted octanol–water partition coefficient (Wildman–Crippen LogP) is 11.9. The number of fused-ring (bicyclic) bond motifs is 8. The second-order valence-electron chi connectivity index (χ2n) is 13.4. The van der Waals surface area contributed by atoms with E-state index in [1.54, 1.807) is 23.9 Å². The maximum atomic E-state index is 11.0. The molecule has 0 unspecified atom stereocenters. The lowest BCUT2D eigenvalue weighted by molar-refractivity contribution is 0.692. The van der Waals surface area contributed by atoms with Gasteiger partial charge in [0.05, 0.1) is 29.3 Å². The molecule has 10 rings (SSSR count). The third-order valence-corrected chi connectivity index (χ3v) is 11.6. The van der Waals surface area contributed by atoms with Gasteiger partial charge in [-0.05, 0) is 58.7 Å². The van der Waals surface area contributed by atoms with Crippen LogP contribution in [0, 0.1) is 17.9 Å². The van der Waals surface area contributed by atoms with Crippen LogP contribution in [0.1, 0.15) is 27.8 Å². The first-order valence-corrected chi connectivity index (χ1v) is 18.7. The Hall–Kier alpha value is -7.32. The van der Waals surface area contributed by atoms with Gasteiger partial charge in [-0.3, -0.25) is 0 Å². The fourth-order valence-corrected chi connectivity index (χ4v) is 9.35. The number of nitrogens with zero attached hydrogens (tertiary/aromatic N) is 6. The standard InChI is InChI=1S/C48H28N6S/c1-50-39-29-33(47-52-45(31-16-4-2-5-17-31)51-46(53-47)32-18-6-3-7-19-32)28-34(30-49)44(39)54-40-24-12-8-20-35(40)48(36-21-9-13-25-41(36)54)37-22-10-14-26-42(37)55-43-27-15-11-23-38(43)48/h2-29H. The van der Waals surface area contributed by atoms with Gasteiger partial charge in [0.1, 0.15) is 0 Å². The molecule has 3 heterocycles. The van der Waals surface area contributed by atoms with Gasteiger partial charge in [0, 0.05) is 37.9 Å². The van der Waals surface area contributed by atoms with Gasteiger partial charge in [-0.2, -0.15) is 5.26 Å². The normalized spacial score (nSPS) is 13.1. The summed E-state index contributed by atoms with van der Waals surface area (Å²) in [5.74, 6) is 1.39. The Bertz CT molecular complexity index is 2710. The van der Waals surface area contributed by atoms with E-state index in [0.717, 1.165) is 33.6 Å². The molecule has 2 aliphatic heterocycles. The quantitative estimate of drug-likeness (QED) is 0.169. The van der Waals surface area contributed by atoms with Gasteiger partial charge in [-0.1, -0.05) is 145 Å². The van der Waals surface area contributed by atoms with E-state index < -0.39 is 5.41 Å². The number of benzene rings is 7. The fraction of sp³-hybridized carbons (Fsp3) is 0.0208. The van der Waals surface area contributed by atoms with Crippen LogP contribution in [0.2, 0.25) is 0 Å². The Balaban J connectivity index is 1.22. The molecule has 7 heteroatoms. The number of nitriles is 1. The van der Waals surface area contributed by atoms with Gasteiger partial charge in [0.15, 0.2) is 17.5 Å². The van der Waals surface area contributed by atoms with Crippen LogP contribution >= 0.6 is 11.8 Å². The molecular weight excluding hydrogens is 693 g/mol. The molecule has 8 aromatic rings. The molecule has 0 saturated carbocycles. The van der Waals surface area contributed by atoms with Crippen molar-refractivity contribution in [3.8, 4) is 40.2 Å². The van der Waals surface area contributed by atoms with E-state index >= 15 is 0 Å². The first-order chi connectivity index (χ1) is 27.2. The lowest BCUT2D eigenvalue weighted by atomic mass is 9.62. The molecule has 0 bridgehead atoms. The third kappa shape index (κ3) is 4.99. The summed E-state index contributed by atoms with van der Waals surface area (Å²) in [6.45, 7) is 8.57. The van der Waals surface area contributed by atoms with Crippen LogP contribution < -0.4 is 4.90 Å². The van der Waals surface area contributed by atoms with Crippen molar-refractivity contribution in [1.29, 1.82) is 5.26 Å². The van der Waals surface area contributed by atoms with E-state index in [0.29, 0.717) is 40.0 Å². The Morgan fingerprint density at radius 1 is 0.527 bits per heavy atom. The smallest absolute Gasteiger partial charge is 0.212 e. The molecular formula is C48H28N6S. The molecule has 0 saturated heterocycles. The molecule has 0 radical (unpaired) electrons. The Morgan fingerprint density at radius 3 is 1.45 bits per heavy atom. The number of hydrogen-bond donors (Lipinski definition) is 0. The van der Waals surface area contributed by atoms with Gasteiger partial charge in [0.25, 0.3) is 0 Å². The fourth-order valence-electron chi connectivity index (χ4n) is 8.15. The number of anilines is 3. The third-order valence-electron chi connectivity index (χ3n) is 10.4. The highest BCUT2D eigenvalue weighted by Gasteiger charge is 2.50. The van der Waals surface area contributed by atoms with Crippen LogP contribution in [0.15, 0.2) is 180 Å². The molecule has 2 aliphatic rings. The molecule has 0 fully saturated rings. The maximum Gasteiger partial charge on any atom is 0.212 e. The molecule has 7 aromatic carbocycles. The summed E-state index contributed by atoms with van der Waals surface area (Å²) in [7, 11) is 0. The Kier molecular flexibility index (Phi) is 7.62. The summed E-state index contributed by atoms with van der Waals surface area (Å²) >= 11 is 1.79. The Labute approximate surface area is 322 Å². The van der Waals surface area contributed by atoms with E-state index in [-0.39, 0.29) is 0 Å². The highest BCUT2D eigenvalue weighted by molar-refractivity contribution is 7.99. The number of aromatic nitrogens is 3. The summed E-state index contributed by atoms with van der Waals surface area (Å²) in [4.78, 5) is 23.3. The average molecular weight is 721 g/mol. The number of rotatable bonds is 4. The van der Waals surface area contributed by atoms with Crippen LogP contribution in [0.4, 0.5) is 22.7 Å². The van der Waals surface area contributed by atoms with Gasteiger partial charge < -0.3 is 4.90 Å². The van der Waals surface area contributed by atoms with Crippen LogP contribution in [0.3, 0.4) is 0 Å². The Morgan fingerprint density at radius 2 is 0.964 bits per heavy atom. The minimum Gasteiger partial charge on any atom is -0.318 e. The molecule has 55 heavy (non-hydrogen) atoms. The van der Waals surface area contributed by atoms with Crippen molar-refractivity contribution in [2.75, 3.05) is 4.90 Å². The van der Waals surface area contributed by atoms with Gasteiger partial charge in [-0.25, -0.2) is 19.8 Å². The van der Waals surface area contributed by atoms with E-state index in [1.807, 2.05) is 72.8 Å². The second kappa shape index (κ2) is 13.0. The molecule has 0 N–H and O–H groups in total. The van der Waals surface area contributed by atoms with E-state index in [4.69, 9.17) is 21.5 Å². The lowest BCUT2D eigenvalue weighted by Crippen LogP contribution is -2.39. The van der Waals surface area contributed by atoms with Gasteiger partial charge in [-0.15, -0.1) is 0 Å². The first kappa shape index (κ1) is 32.3. The number of para-hydroxylation sites is 2. The zero-order chi connectivity index (χ0) is 36.9. The largest absolute Gasteiger partial charge is 0.318 e. The van der Waals surface area contributed by atoms with Gasteiger partial charge >= 0.3 is 0 Å². The van der Waals surface area contributed by atoms with Crippen molar-refractivity contribution in [2.45, 2.75) is 15.2 Å². The minimum absolute atomic E-state index is 0.317. The minimum atomic E-state index is -0.639. The first-order valence-electron chi connectivity index (χ1n) is 17.9. The van der Waals surface area contributed by atoms with E-state index in [1.165, 1.54) is 20.9 Å². The molecule has 0 amide bonds. The zero-order valence-corrected chi connectivity index (χ0v) is 30.1. The highest BCUT2D eigenvalue weighted by atomic mass is 32.2. The summed E-state index contributed by atoms with van der Waals surface area (Å²) in [5, 5.41) is 11.0. The van der Waals surface area contributed by atoms with Gasteiger partial charge in [0.2, 0.25) is 5.69 Å². The van der Waals surface area contributed by atoms with Crippen molar-refractivity contribution < 1.29 is 0 Å². The molecule has 0 atom stereocenters. The summed E-state index contributed by atoms with van der Waals surface area (Å²) < 4.78 is 0. The summed E-state index contributed by atoms with van der Waals surface area (Å²) in [6, 6.07) is 59.7. The van der Waals surface area contributed by atoms with Crippen molar-refractivity contribution in [1.82, 2.24) is 15.0 Å². The van der Waals surface area contributed by atoms with Crippen LogP contribution in [-0.4, -0.2) is 15.0 Å². The monoisotopic (exact) mass is 720 g/mol.